The van der Waals surface area contributed by atoms with Crippen molar-refractivity contribution in [1.29, 1.82) is 0 Å². The molecule has 0 unspecified atom stereocenters. The first-order valence-corrected chi connectivity index (χ1v) is 5.15. The van der Waals surface area contributed by atoms with E-state index in [0.717, 1.165) is 18.2 Å². The summed E-state index contributed by atoms with van der Waals surface area (Å²) < 4.78 is 0. The van der Waals surface area contributed by atoms with Gasteiger partial charge in [0.25, 0.3) is 0 Å². The molecule has 0 radical (unpaired) electrons. The Morgan fingerprint density at radius 1 is 1.55 bits per heavy atom. The molecule has 1 fully saturated rings. The first kappa shape index (κ1) is 9.04. The highest BCUT2D eigenvalue weighted by Gasteiger charge is 2.32. The summed E-state index contributed by atoms with van der Waals surface area (Å²) in [6.07, 6.45) is 4.73. The fourth-order valence-electron chi connectivity index (χ4n) is 1.72. The summed E-state index contributed by atoms with van der Waals surface area (Å²) in [4.78, 5) is 10.8. The molecule has 64 valence electrons. The summed E-state index contributed by atoms with van der Waals surface area (Å²) in [6, 6.07) is 0. The van der Waals surface area contributed by atoms with Gasteiger partial charge in [0.05, 0.1) is 0 Å². The summed E-state index contributed by atoms with van der Waals surface area (Å²) in [5.41, 5.74) is 0.0752. The Bertz CT molecular complexity index is 152. The average Bonchev–Trinajstić information content (AvgIpc) is 2.36. The van der Waals surface area contributed by atoms with Gasteiger partial charge >= 0.3 is 0 Å². The lowest BCUT2D eigenvalue weighted by Gasteiger charge is -2.27. The largest absolute Gasteiger partial charge is 0.350 e. The molecule has 0 aliphatic heterocycles. The number of rotatable bonds is 2. The summed E-state index contributed by atoms with van der Waals surface area (Å²) in [5.74, 6) is 0.0892. The minimum atomic E-state index is 0.0752. The number of carbonyl (C=O) groups is 1. The van der Waals surface area contributed by atoms with Crippen LogP contribution in [0.25, 0.3) is 0 Å². The Morgan fingerprint density at radius 3 is 2.45 bits per heavy atom. The number of hydrogen-bond donors (Lipinski definition) is 1. The summed E-state index contributed by atoms with van der Waals surface area (Å²) in [7, 11) is 0. The van der Waals surface area contributed by atoms with Crippen LogP contribution in [0.4, 0.5) is 0 Å². The van der Waals surface area contributed by atoms with Crippen molar-refractivity contribution in [1.82, 2.24) is 5.32 Å². The molecule has 0 spiro atoms. The van der Waals surface area contributed by atoms with Crippen molar-refractivity contribution in [2.45, 2.75) is 38.1 Å². The molecule has 0 aromatic carbocycles. The van der Waals surface area contributed by atoms with Crippen LogP contribution in [0.5, 0.6) is 0 Å². The Morgan fingerprint density at radius 2 is 2.09 bits per heavy atom. The van der Waals surface area contributed by atoms with Crippen molar-refractivity contribution in [2.24, 2.45) is 0 Å². The minimum Gasteiger partial charge on any atom is -0.350 e. The van der Waals surface area contributed by atoms with Gasteiger partial charge in [-0.3, -0.25) is 4.79 Å². The lowest BCUT2D eigenvalue weighted by atomic mass is 10.0. The third-order valence-corrected chi connectivity index (χ3v) is 3.33. The van der Waals surface area contributed by atoms with Crippen LogP contribution in [0.3, 0.4) is 0 Å². The van der Waals surface area contributed by atoms with Crippen LogP contribution in [0, 0.1) is 0 Å². The number of hydrogen-bond acceptors (Lipinski definition) is 1. The van der Waals surface area contributed by atoms with Gasteiger partial charge in [-0.15, -0.1) is 0 Å². The van der Waals surface area contributed by atoms with E-state index in [1.54, 1.807) is 6.92 Å². The lowest BCUT2D eigenvalue weighted by molar-refractivity contribution is -0.120. The smallest absolute Gasteiger partial charge is 0.217 e. The molecule has 1 amide bonds. The van der Waals surface area contributed by atoms with Crippen LogP contribution in [0.15, 0.2) is 0 Å². The zero-order chi connectivity index (χ0) is 8.32. The van der Waals surface area contributed by atoms with E-state index in [4.69, 9.17) is 0 Å². The highest BCUT2D eigenvalue weighted by Crippen LogP contribution is 2.30. The first-order chi connectivity index (χ1) is 5.18. The maximum absolute atomic E-state index is 10.8. The first-order valence-electron chi connectivity index (χ1n) is 4.03. The molecule has 0 aromatic rings. The highest BCUT2D eigenvalue weighted by atomic mass is 79.9. The van der Waals surface area contributed by atoms with Gasteiger partial charge in [-0.25, -0.2) is 0 Å². The van der Waals surface area contributed by atoms with Crippen LogP contribution >= 0.6 is 15.9 Å². The third kappa shape index (κ3) is 2.19. The molecular formula is C8H14BrNO. The van der Waals surface area contributed by atoms with Crippen LogP contribution in [-0.2, 0) is 4.79 Å². The van der Waals surface area contributed by atoms with Gasteiger partial charge in [0.1, 0.15) is 0 Å². The Labute approximate surface area is 75.9 Å². The molecule has 0 bridgehead atoms. The van der Waals surface area contributed by atoms with Crippen LogP contribution in [0.1, 0.15) is 32.6 Å². The number of amides is 1. The van der Waals surface area contributed by atoms with Crippen molar-refractivity contribution in [3.63, 3.8) is 0 Å². The lowest BCUT2D eigenvalue weighted by Crippen LogP contribution is -2.46. The van der Waals surface area contributed by atoms with Gasteiger partial charge in [-0.2, -0.15) is 0 Å². The Kier molecular flexibility index (Phi) is 2.93. The molecule has 2 nitrogen and oxygen atoms in total. The quantitative estimate of drug-likeness (QED) is 0.706. The van der Waals surface area contributed by atoms with Crippen molar-refractivity contribution in [2.75, 3.05) is 5.33 Å². The van der Waals surface area contributed by atoms with Gasteiger partial charge in [0, 0.05) is 17.8 Å². The van der Waals surface area contributed by atoms with Gasteiger partial charge in [0.2, 0.25) is 5.91 Å². The number of halogens is 1. The Balaban J connectivity index is 2.52. The van der Waals surface area contributed by atoms with Crippen molar-refractivity contribution >= 4 is 21.8 Å². The molecule has 11 heavy (non-hydrogen) atoms. The summed E-state index contributed by atoms with van der Waals surface area (Å²) in [5, 5.41) is 3.91. The second kappa shape index (κ2) is 3.57. The molecule has 3 heteroatoms. The molecule has 1 aliphatic carbocycles. The predicted molar refractivity (Wildman–Crippen MR) is 48.8 cm³/mol. The van der Waals surface area contributed by atoms with E-state index in [9.17, 15) is 4.79 Å². The third-order valence-electron chi connectivity index (χ3n) is 2.26. The summed E-state index contributed by atoms with van der Waals surface area (Å²) in [6.45, 7) is 1.59. The molecule has 0 heterocycles. The monoisotopic (exact) mass is 219 g/mol. The fraction of sp³-hybridized carbons (Fsp3) is 0.875. The van der Waals surface area contributed by atoms with E-state index in [0.29, 0.717) is 0 Å². The summed E-state index contributed by atoms with van der Waals surface area (Å²) >= 11 is 3.45. The van der Waals surface area contributed by atoms with E-state index < -0.39 is 0 Å². The highest BCUT2D eigenvalue weighted by molar-refractivity contribution is 9.09. The van der Waals surface area contributed by atoms with Crippen LogP contribution < -0.4 is 5.32 Å². The molecule has 1 saturated carbocycles. The molecule has 1 aliphatic rings. The van der Waals surface area contributed by atoms with Gasteiger partial charge < -0.3 is 5.32 Å². The topological polar surface area (TPSA) is 29.1 Å². The second-order valence-electron chi connectivity index (χ2n) is 3.30. The van der Waals surface area contributed by atoms with Crippen molar-refractivity contribution in [3.05, 3.63) is 0 Å². The van der Waals surface area contributed by atoms with Crippen LogP contribution in [0.2, 0.25) is 0 Å². The van der Waals surface area contributed by atoms with Gasteiger partial charge in [0.15, 0.2) is 0 Å². The Hall–Kier alpha value is -0.0500. The SMILES string of the molecule is CC(=O)NC1(CBr)CCCC1. The predicted octanol–water partition coefficient (Wildman–Crippen LogP) is 1.83. The maximum Gasteiger partial charge on any atom is 0.217 e. The molecule has 1 N–H and O–H groups in total. The van der Waals surface area contributed by atoms with E-state index in [1.807, 2.05) is 0 Å². The number of carbonyl (C=O) groups excluding carboxylic acids is 1. The number of alkyl halides is 1. The van der Waals surface area contributed by atoms with E-state index in [1.165, 1.54) is 12.8 Å². The van der Waals surface area contributed by atoms with Crippen molar-refractivity contribution in [3.8, 4) is 0 Å². The van der Waals surface area contributed by atoms with E-state index >= 15 is 0 Å². The zero-order valence-electron chi connectivity index (χ0n) is 6.82. The standard InChI is InChI=1S/C8H14BrNO/c1-7(11)10-8(6-9)4-2-3-5-8/h2-6H2,1H3,(H,10,11). The number of nitrogens with one attached hydrogen (secondary N) is 1. The molecule has 0 saturated heterocycles. The van der Waals surface area contributed by atoms with Crippen LogP contribution in [-0.4, -0.2) is 16.8 Å². The zero-order valence-corrected chi connectivity index (χ0v) is 8.41. The molecule has 0 aromatic heterocycles. The second-order valence-corrected chi connectivity index (χ2v) is 3.86. The van der Waals surface area contributed by atoms with Gasteiger partial charge in [-0.05, 0) is 12.8 Å². The van der Waals surface area contributed by atoms with Crippen molar-refractivity contribution < 1.29 is 4.79 Å². The molecule has 1 rings (SSSR count). The van der Waals surface area contributed by atoms with E-state index in [-0.39, 0.29) is 11.4 Å². The van der Waals surface area contributed by atoms with E-state index in [2.05, 4.69) is 21.2 Å². The molecular weight excluding hydrogens is 206 g/mol. The maximum atomic E-state index is 10.8. The minimum absolute atomic E-state index is 0.0752. The molecule has 0 atom stereocenters. The fourth-order valence-corrected chi connectivity index (χ4v) is 2.42. The average molecular weight is 220 g/mol. The normalized spacial score (nSPS) is 21.6. The van der Waals surface area contributed by atoms with Gasteiger partial charge in [-0.1, -0.05) is 28.8 Å².